The van der Waals surface area contributed by atoms with Crippen molar-refractivity contribution in [1.29, 1.82) is 0 Å². The molecule has 0 spiro atoms. The Bertz CT molecular complexity index is 1180. The van der Waals surface area contributed by atoms with Gasteiger partial charge in [-0.2, -0.15) is 0 Å². The van der Waals surface area contributed by atoms with Crippen LogP contribution in [0.4, 0.5) is 11.4 Å². The van der Waals surface area contributed by atoms with E-state index in [1.165, 1.54) is 0 Å². The Morgan fingerprint density at radius 1 is 0.882 bits per heavy atom. The van der Waals surface area contributed by atoms with Crippen LogP contribution in [0, 0.1) is 13.8 Å². The number of methoxy groups -OCH3 is 1. The van der Waals surface area contributed by atoms with E-state index in [4.69, 9.17) is 16.3 Å². The summed E-state index contributed by atoms with van der Waals surface area (Å²) in [6.07, 6.45) is 0. The minimum Gasteiger partial charge on any atom is -0.496 e. The molecule has 4 rings (SSSR count). The number of ether oxygens (including phenoxy) is 1. The van der Waals surface area contributed by atoms with Crippen LogP contribution >= 0.6 is 11.6 Å². The first-order valence-electron chi connectivity index (χ1n) is 11.2. The molecule has 0 unspecified atom stereocenters. The van der Waals surface area contributed by atoms with Gasteiger partial charge in [-0.3, -0.25) is 9.59 Å². The van der Waals surface area contributed by atoms with Crippen LogP contribution in [0.5, 0.6) is 5.75 Å². The topological polar surface area (TPSA) is 61.9 Å². The maximum Gasteiger partial charge on any atom is 0.257 e. The Morgan fingerprint density at radius 3 is 2.15 bits per heavy atom. The zero-order valence-electron chi connectivity index (χ0n) is 19.6. The van der Waals surface area contributed by atoms with Gasteiger partial charge in [-0.05, 0) is 68.4 Å². The molecule has 7 heteroatoms. The molecule has 0 aliphatic carbocycles. The third-order valence-electron chi connectivity index (χ3n) is 5.93. The zero-order chi connectivity index (χ0) is 24.2. The molecule has 2 amide bonds. The van der Waals surface area contributed by atoms with E-state index in [1.54, 1.807) is 25.3 Å². The molecular weight excluding hydrogens is 450 g/mol. The number of nitrogens with zero attached hydrogens (tertiary/aromatic N) is 2. The molecule has 1 aliphatic rings. The maximum atomic E-state index is 13.0. The second kappa shape index (κ2) is 10.2. The number of hydrogen-bond acceptors (Lipinski definition) is 4. The first-order valence-corrected chi connectivity index (χ1v) is 11.6. The van der Waals surface area contributed by atoms with Gasteiger partial charge in [0.25, 0.3) is 11.8 Å². The number of carbonyl (C=O) groups excluding carboxylic acids is 2. The van der Waals surface area contributed by atoms with Gasteiger partial charge in [-0.15, -0.1) is 0 Å². The average Bonchev–Trinajstić information content (AvgIpc) is 2.83. The van der Waals surface area contributed by atoms with Crippen LogP contribution in [-0.2, 0) is 0 Å². The van der Waals surface area contributed by atoms with Crippen molar-refractivity contribution in [3.63, 3.8) is 0 Å². The molecule has 176 valence electrons. The minimum atomic E-state index is -0.122. The minimum absolute atomic E-state index is 0.0801. The molecule has 0 aromatic heterocycles. The van der Waals surface area contributed by atoms with Crippen LogP contribution in [0.1, 0.15) is 31.8 Å². The number of rotatable bonds is 5. The lowest BCUT2D eigenvalue weighted by atomic mass is 10.1. The molecule has 1 saturated heterocycles. The highest BCUT2D eigenvalue weighted by Gasteiger charge is 2.24. The number of hydrogen-bond donors (Lipinski definition) is 1. The highest BCUT2D eigenvalue weighted by atomic mass is 35.5. The summed E-state index contributed by atoms with van der Waals surface area (Å²) in [6, 6.07) is 18.7. The molecule has 1 N–H and O–H groups in total. The van der Waals surface area contributed by atoms with Gasteiger partial charge in [0.1, 0.15) is 5.75 Å². The van der Waals surface area contributed by atoms with Gasteiger partial charge in [0.15, 0.2) is 0 Å². The van der Waals surface area contributed by atoms with Crippen molar-refractivity contribution in [3.8, 4) is 5.75 Å². The Hall–Kier alpha value is -3.51. The molecule has 0 saturated carbocycles. The number of piperazine rings is 1. The second-order valence-electron chi connectivity index (χ2n) is 8.50. The molecule has 1 aliphatic heterocycles. The highest BCUT2D eigenvalue weighted by Crippen LogP contribution is 2.26. The fourth-order valence-electron chi connectivity index (χ4n) is 4.25. The van der Waals surface area contributed by atoms with Crippen LogP contribution in [0.3, 0.4) is 0 Å². The SMILES string of the molecule is COc1ccc(Cl)cc1C(=O)N1CCN(c2ccc(NC(=O)c3cc(C)cc(C)c3)cc2)CC1. The van der Waals surface area contributed by atoms with Crippen molar-refractivity contribution in [2.24, 2.45) is 0 Å². The van der Waals surface area contributed by atoms with E-state index in [-0.39, 0.29) is 11.8 Å². The summed E-state index contributed by atoms with van der Waals surface area (Å²) in [5, 5.41) is 3.47. The number of nitrogens with one attached hydrogen (secondary N) is 1. The van der Waals surface area contributed by atoms with Crippen molar-refractivity contribution < 1.29 is 14.3 Å². The summed E-state index contributed by atoms with van der Waals surface area (Å²) in [5.74, 6) is 0.321. The van der Waals surface area contributed by atoms with E-state index in [0.717, 1.165) is 22.5 Å². The van der Waals surface area contributed by atoms with E-state index in [2.05, 4.69) is 10.2 Å². The fraction of sp³-hybridized carbons (Fsp3) is 0.259. The molecule has 1 heterocycles. The zero-order valence-corrected chi connectivity index (χ0v) is 20.4. The van der Waals surface area contributed by atoms with E-state index in [1.807, 2.05) is 61.2 Å². The standard InChI is InChI=1S/C27H28ClN3O3/c1-18-14-19(2)16-20(15-18)26(32)29-22-5-7-23(8-6-22)30-10-12-31(13-11-30)27(33)24-17-21(28)4-9-25(24)34-3/h4-9,14-17H,10-13H2,1-3H3,(H,29,32). The Kier molecular flexibility index (Phi) is 7.08. The van der Waals surface area contributed by atoms with E-state index >= 15 is 0 Å². The van der Waals surface area contributed by atoms with Crippen LogP contribution in [0.2, 0.25) is 5.02 Å². The van der Waals surface area contributed by atoms with E-state index in [9.17, 15) is 9.59 Å². The number of amides is 2. The maximum absolute atomic E-state index is 13.0. The van der Waals surface area contributed by atoms with Gasteiger partial charge in [0.05, 0.1) is 12.7 Å². The molecule has 1 fully saturated rings. The third kappa shape index (κ3) is 5.34. The quantitative estimate of drug-likeness (QED) is 0.550. The lowest BCUT2D eigenvalue weighted by Crippen LogP contribution is -2.48. The highest BCUT2D eigenvalue weighted by molar-refractivity contribution is 6.31. The monoisotopic (exact) mass is 477 g/mol. The second-order valence-corrected chi connectivity index (χ2v) is 8.94. The third-order valence-corrected chi connectivity index (χ3v) is 6.17. The summed E-state index contributed by atoms with van der Waals surface area (Å²) < 4.78 is 5.33. The Morgan fingerprint density at radius 2 is 1.53 bits per heavy atom. The largest absolute Gasteiger partial charge is 0.496 e. The molecule has 0 radical (unpaired) electrons. The lowest BCUT2D eigenvalue weighted by molar-refractivity contribution is 0.0743. The molecule has 3 aromatic carbocycles. The summed E-state index contributed by atoms with van der Waals surface area (Å²) >= 11 is 6.09. The van der Waals surface area contributed by atoms with Crippen LogP contribution in [0.15, 0.2) is 60.7 Å². The van der Waals surface area contributed by atoms with Gasteiger partial charge in [0, 0.05) is 48.1 Å². The molecule has 34 heavy (non-hydrogen) atoms. The van der Waals surface area contributed by atoms with E-state index < -0.39 is 0 Å². The van der Waals surface area contributed by atoms with Crippen LogP contribution in [0.25, 0.3) is 0 Å². The lowest BCUT2D eigenvalue weighted by Gasteiger charge is -2.36. The van der Waals surface area contributed by atoms with Gasteiger partial charge >= 0.3 is 0 Å². The normalized spacial score (nSPS) is 13.5. The van der Waals surface area contributed by atoms with Crippen molar-refractivity contribution in [3.05, 3.63) is 87.9 Å². The van der Waals surface area contributed by atoms with Crippen LogP contribution < -0.4 is 15.0 Å². The van der Waals surface area contributed by atoms with Crippen molar-refractivity contribution in [2.75, 3.05) is 43.5 Å². The molecule has 6 nitrogen and oxygen atoms in total. The van der Waals surface area contributed by atoms with Gasteiger partial charge in [-0.25, -0.2) is 0 Å². The van der Waals surface area contributed by atoms with E-state index in [0.29, 0.717) is 48.1 Å². The van der Waals surface area contributed by atoms with Crippen LogP contribution in [-0.4, -0.2) is 50.0 Å². The van der Waals surface area contributed by atoms with Gasteiger partial charge in [0.2, 0.25) is 0 Å². The number of carbonyl (C=O) groups is 2. The molecule has 0 atom stereocenters. The summed E-state index contributed by atoms with van der Waals surface area (Å²) in [4.78, 5) is 29.7. The summed E-state index contributed by atoms with van der Waals surface area (Å²) in [7, 11) is 1.55. The number of benzene rings is 3. The van der Waals surface area contributed by atoms with Gasteiger partial charge in [-0.1, -0.05) is 28.8 Å². The smallest absolute Gasteiger partial charge is 0.257 e. The van der Waals surface area contributed by atoms with Gasteiger partial charge < -0.3 is 19.9 Å². The fourth-order valence-corrected chi connectivity index (χ4v) is 4.42. The van der Waals surface area contributed by atoms with Crippen molar-refractivity contribution in [2.45, 2.75) is 13.8 Å². The first kappa shape index (κ1) is 23.6. The Labute approximate surface area is 205 Å². The number of anilines is 2. The van der Waals surface area contributed by atoms with Crippen molar-refractivity contribution in [1.82, 2.24) is 4.90 Å². The number of aryl methyl sites for hydroxylation is 2. The Balaban J connectivity index is 1.36. The molecular formula is C27H28ClN3O3. The van der Waals surface area contributed by atoms with Crippen molar-refractivity contribution >= 4 is 34.8 Å². The predicted octanol–water partition coefficient (Wildman–Crippen LogP) is 5.18. The molecule has 3 aromatic rings. The molecule has 0 bridgehead atoms. The summed E-state index contributed by atoms with van der Waals surface area (Å²) in [6.45, 7) is 6.58. The average molecular weight is 478 g/mol. The first-order chi connectivity index (χ1) is 16.3. The summed E-state index contributed by atoms with van der Waals surface area (Å²) in [5.41, 5.74) is 5.05. The predicted molar refractivity (Wildman–Crippen MR) is 136 cm³/mol. The number of halogens is 1.